The molecule has 0 saturated heterocycles. The van der Waals surface area contributed by atoms with E-state index in [0.717, 1.165) is 5.57 Å². The summed E-state index contributed by atoms with van der Waals surface area (Å²) >= 11 is 0. The van der Waals surface area contributed by atoms with Crippen molar-refractivity contribution in [1.82, 2.24) is 0 Å². The molecule has 0 aromatic rings. The number of ether oxygens (including phenoxy) is 1. The lowest BCUT2D eigenvalue weighted by atomic mass is 9.68. The van der Waals surface area contributed by atoms with Crippen LogP contribution in [0.1, 0.15) is 54.4 Å². The molecule has 0 N–H and O–H groups in total. The lowest BCUT2D eigenvalue weighted by Gasteiger charge is -2.37. The van der Waals surface area contributed by atoms with Gasteiger partial charge >= 0.3 is 5.97 Å². The Balaban J connectivity index is 2.88. The van der Waals surface area contributed by atoms with Gasteiger partial charge in [0.2, 0.25) is 0 Å². The molecule has 0 aromatic heterocycles. The van der Waals surface area contributed by atoms with E-state index < -0.39 is 0 Å². The summed E-state index contributed by atoms with van der Waals surface area (Å²) in [5, 5.41) is 0. The van der Waals surface area contributed by atoms with E-state index in [1.807, 2.05) is 13.8 Å². The fourth-order valence-electron chi connectivity index (χ4n) is 2.67. The second-order valence-electron chi connectivity index (χ2n) is 6.12. The van der Waals surface area contributed by atoms with E-state index in [-0.39, 0.29) is 17.5 Å². The fraction of sp³-hybridized carbons (Fsp3) is 0.688. The van der Waals surface area contributed by atoms with E-state index in [1.54, 1.807) is 0 Å². The van der Waals surface area contributed by atoms with Crippen LogP contribution in [-0.4, -0.2) is 12.1 Å². The second-order valence-corrected chi connectivity index (χ2v) is 6.12. The van der Waals surface area contributed by atoms with Crippen molar-refractivity contribution in [3.63, 3.8) is 0 Å². The van der Waals surface area contributed by atoms with Gasteiger partial charge in [-0.25, -0.2) is 0 Å². The highest BCUT2D eigenvalue weighted by molar-refractivity contribution is 5.66. The highest BCUT2D eigenvalue weighted by atomic mass is 16.5. The zero-order chi connectivity index (χ0) is 13.9. The van der Waals surface area contributed by atoms with Crippen molar-refractivity contribution >= 4 is 5.97 Å². The number of carbonyl (C=O) groups is 1. The van der Waals surface area contributed by atoms with Crippen molar-refractivity contribution in [2.75, 3.05) is 0 Å². The Morgan fingerprint density at radius 3 is 2.61 bits per heavy atom. The number of hydrogen-bond acceptors (Lipinski definition) is 2. The summed E-state index contributed by atoms with van der Waals surface area (Å²) in [5.74, 6) is 0.231. The Labute approximate surface area is 111 Å². The molecule has 2 heteroatoms. The Kier molecular flexibility index (Phi) is 4.78. The van der Waals surface area contributed by atoms with Gasteiger partial charge in [-0.15, -0.1) is 0 Å². The van der Waals surface area contributed by atoms with E-state index in [4.69, 9.17) is 4.74 Å². The van der Waals surface area contributed by atoms with Gasteiger partial charge in [0.25, 0.3) is 0 Å². The quantitative estimate of drug-likeness (QED) is 0.552. The van der Waals surface area contributed by atoms with Gasteiger partial charge in [0.05, 0.1) is 0 Å². The summed E-state index contributed by atoms with van der Waals surface area (Å²) in [4.78, 5) is 11.0. The largest absolute Gasteiger partial charge is 0.458 e. The van der Waals surface area contributed by atoms with E-state index in [2.05, 4.69) is 32.9 Å². The molecule has 1 aliphatic carbocycles. The maximum atomic E-state index is 11.0. The van der Waals surface area contributed by atoms with Crippen LogP contribution in [0.5, 0.6) is 0 Å². The minimum atomic E-state index is -0.217. The molecule has 2 nitrogen and oxygen atoms in total. The van der Waals surface area contributed by atoms with Gasteiger partial charge in [-0.05, 0) is 44.6 Å². The highest BCUT2D eigenvalue weighted by Gasteiger charge is 2.31. The van der Waals surface area contributed by atoms with Crippen molar-refractivity contribution in [3.8, 4) is 0 Å². The van der Waals surface area contributed by atoms with Crippen LogP contribution in [0.2, 0.25) is 0 Å². The first-order valence-corrected chi connectivity index (χ1v) is 6.76. The van der Waals surface area contributed by atoms with Gasteiger partial charge in [0.1, 0.15) is 6.10 Å². The third-order valence-corrected chi connectivity index (χ3v) is 4.00. The van der Waals surface area contributed by atoms with Gasteiger partial charge in [-0.3, -0.25) is 4.79 Å². The Hall–Kier alpha value is -1.05. The second kappa shape index (κ2) is 5.73. The van der Waals surface area contributed by atoms with Gasteiger partial charge in [-0.1, -0.05) is 31.6 Å². The van der Waals surface area contributed by atoms with E-state index in [0.29, 0.717) is 5.92 Å². The Morgan fingerprint density at radius 2 is 2.11 bits per heavy atom. The standard InChI is InChI=1S/C16H26O2/c1-11-8-7-9-16(5,6)15(11)10-12(2)13(3)18-14(4)17/h8,10,13,15H,7,9H2,1-6H3/b12-10+/t13-,15-/m0/s1. The zero-order valence-electron chi connectivity index (χ0n) is 12.5. The van der Waals surface area contributed by atoms with Crippen LogP contribution in [0.4, 0.5) is 0 Å². The van der Waals surface area contributed by atoms with E-state index >= 15 is 0 Å². The SMILES string of the molecule is CC(=O)O[C@@H](C)/C(C)=C/[C@H]1C(C)=CCCC1(C)C. The average molecular weight is 250 g/mol. The topological polar surface area (TPSA) is 26.3 Å². The molecule has 18 heavy (non-hydrogen) atoms. The van der Waals surface area contributed by atoms with Crippen LogP contribution in [0.25, 0.3) is 0 Å². The van der Waals surface area contributed by atoms with Crippen LogP contribution in [-0.2, 0) is 9.53 Å². The summed E-state index contributed by atoms with van der Waals surface area (Å²) < 4.78 is 5.23. The molecule has 0 radical (unpaired) electrons. The number of esters is 1. The van der Waals surface area contributed by atoms with Crippen LogP contribution >= 0.6 is 0 Å². The Morgan fingerprint density at radius 1 is 1.50 bits per heavy atom. The predicted octanol–water partition coefficient (Wildman–Crippen LogP) is 4.27. The molecule has 0 aromatic carbocycles. The fourth-order valence-corrected chi connectivity index (χ4v) is 2.67. The van der Waals surface area contributed by atoms with Crippen LogP contribution in [0, 0.1) is 11.3 Å². The number of carbonyl (C=O) groups excluding carboxylic acids is 1. The van der Waals surface area contributed by atoms with Gasteiger partial charge in [-0.2, -0.15) is 0 Å². The molecule has 0 spiro atoms. The van der Waals surface area contributed by atoms with E-state index in [9.17, 15) is 4.79 Å². The van der Waals surface area contributed by atoms with Crippen molar-refractivity contribution in [3.05, 3.63) is 23.3 Å². The smallest absolute Gasteiger partial charge is 0.303 e. The zero-order valence-corrected chi connectivity index (χ0v) is 12.5. The molecule has 0 unspecified atom stereocenters. The molecule has 0 fully saturated rings. The first kappa shape index (κ1) is 15.0. The lowest BCUT2D eigenvalue weighted by molar-refractivity contribution is -0.143. The molecular weight excluding hydrogens is 224 g/mol. The van der Waals surface area contributed by atoms with Gasteiger partial charge in [0, 0.05) is 12.8 Å². The number of rotatable bonds is 3. The summed E-state index contributed by atoms with van der Waals surface area (Å²) in [6.45, 7) is 12.3. The van der Waals surface area contributed by atoms with E-state index in [1.165, 1.54) is 25.3 Å². The first-order valence-electron chi connectivity index (χ1n) is 6.76. The Bertz CT molecular complexity index is 375. The third kappa shape index (κ3) is 3.72. The van der Waals surface area contributed by atoms with Crippen molar-refractivity contribution < 1.29 is 9.53 Å². The normalized spacial score (nSPS) is 25.3. The minimum absolute atomic E-state index is 0.131. The monoisotopic (exact) mass is 250 g/mol. The van der Waals surface area contributed by atoms with Gasteiger partial charge < -0.3 is 4.74 Å². The number of hydrogen-bond donors (Lipinski definition) is 0. The molecule has 0 amide bonds. The molecule has 1 aliphatic rings. The lowest BCUT2D eigenvalue weighted by Crippen LogP contribution is -2.27. The molecule has 0 bridgehead atoms. The molecule has 102 valence electrons. The van der Waals surface area contributed by atoms with Gasteiger partial charge in [0.15, 0.2) is 0 Å². The van der Waals surface area contributed by atoms with Crippen molar-refractivity contribution in [1.29, 1.82) is 0 Å². The summed E-state index contributed by atoms with van der Waals surface area (Å²) in [7, 11) is 0. The van der Waals surface area contributed by atoms with Crippen LogP contribution in [0.3, 0.4) is 0 Å². The summed E-state index contributed by atoms with van der Waals surface area (Å²) in [6.07, 6.45) is 6.85. The maximum absolute atomic E-state index is 11.0. The van der Waals surface area contributed by atoms with Crippen molar-refractivity contribution in [2.24, 2.45) is 11.3 Å². The molecular formula is C16H26O2. The highest BCUT2D eigenvalue weighted by Crippen LogP contribution is 2.42. The number of allylic oxidation sites excluding steroid dienone is 3. The summed E-state index contributed by atoms with van der Waals surface area (Å²) in [6, 6.07) is 0. The first-order chi connectivity index (χ1) is 8.24. The molecule has 2 atom stereocenters. The van der Waals surface area contributed by atoms with Crippen LogP contribution in [0.15, 0.2) is 23.3 Å². The predicted molar refractivity (Wildman–Crippen MR) is 75.2 cm³/mol. The molecule has 0 saturated carbocycles. The third-order valence-electron chi connectivity index (χ3n) is 4.00. The maximum Gasteiger partial charge on any atom is 0.303 e. The average Bonchev–Trinajstić information content (AvgIpc) is 2.22. The minimum Gasteiger partial charge on any atom is -0.458 e. The van der Waals surface area contributed by atoms with Crippen LogP contribution < -0.4 is 0 Å². The molecule has 0 aliphatic heterocycles. The molecule has 1 rings (SSSR count). The van der Waals surface area contributed by atoms with Crippen molar-refractivity contribution in [2.45, 2.75) is 60.5 Å². The molecule has 0 heterocycles. The summed E-state index contributed by atoms with van der Waals surface area (Å²) in [5.41, 5.74) is 2.86.